The molecule has 0 heterocycles. The normalized spacial score (nSPS) is 12.9. The lowest BCUT2D eigenvalue weighted by Gasteiger charge is -2.17. The van der Waals surface area contributed by atoms with Gasteiger partial charge in [-0.15, -0.1) is 0 Å². The van der Waals surface area contributed by atoms with Crippen molar-refractivity contribution in [1.82, 2.24) is 5.32 Å². The van der Waals surface area contributed by atoms with Crippen molar-refractivity contribution in [3.63, 3.8) is 0 Å². The molecule has 0 saturated heterocycles. The standard InChI is InChI=1S/C30H23F2NO4/c31-26-11-5-10-20(28(26)32)19-14-12-18(13-15-19)16-27(29(34)35)33-30(36)37-17-25-23-8-3-1-6-21(23)22-7-2-4-9-24(22)25/h1-15,25,27H,16-17H2,(H,33,36)(H,34,35)/t27-/m1/s1. The number of carbonyl (C=O) groups is 2. The second-order valence-electron chi connectivity index (χ2n) is 8.86. The Morgan fingerprint density at radius 2 is 1.41 bits per heavy atom. The number of carboxylic acid groups (broad SMARTS) is 1. The lowest BCUT2D eigenvalue weighted by Crippen LogP contribution is -2.42. The van der Waals surface area contributed by atoms with Crippen LogP contribution in [0.1, 0.15) is 22.6 Å². The molecule has 5 nitrogen and oxygen atoms in total. The summed E-state index contributed by atoms with van der Waals surface area (Å²) in [5.41, 5.74) is 5.47. The second kappa shape index (κ2) is 10.2. The summed E-state index contributed by atoms with van der Waals surface area (Å²) >= 11 is 0. The Kier molecular flexibility index (Phi) is 6.68. The minimum absolute atomic E-state index is 0.00849. The van der Waals surface area contributed by atoms with Crippen LogP contribution in [0.15, 0.2) is 91.0 Å². The first kappa shape index (κ1) is 24.2. The summed E-state index contributed by atoms with van der Waals surface area (Å²) in [5.74, 6) is -3.25. The first-order valence-corrected chi connectivity index (χ1v) is 11.8. The molecule has 0 unspecified atom stereocenters. The maximum atomic E-state index is 14.1. The van der Waals surface area contributed by atoms with Gasteiger partial charge < -0.3 is 15.2 Å². The van der Waals surface area contributed by atoms with E-state index >= 15 is 0 Å². The van der Waals surface area contributed by atoms with E-state index in [1.807, 2.05) is 48.5 Å². The highest BCUT2D eigenvalue weighted by Gasteiger charge is 2.29. The Balaban J connectivity index is 1.24. The van der Waals surface area contributed by atoms with Crippen LogP contribution in [0.5, 0.6) is 0 Å². The number of ether oxygens (including phenoxy) is 1. The topological polar surface area (TPSA) is 75.6 Å². The minimum atomic E-state index is -1.23. The van der Waals surface area contributed by atoms with Crippen molar-refractivity contribution in [1.29, 1.82) is 0 Å². The van der Waals surface area contributed by atoms with Gasteiger partial charge in [-0.25, -0.2) is 18.4 Å². The molecule has 0 radical (unpaired) electrons. The van der Waals surface area contributed by atoms with Crippen LogP contribution in [0.2, 0.25) is 0 Å². The zero-order valence-electron chi connectivity index (χ0n) is 19.7. The lowest BCUT2D eigenvalue weighted by molar-refractivity contribution is -0.139. The molecule has 5 rings (SSSR count). The van der Waals surface area contributed by atoms with Crippen LogP contribution >= 0.6 is 0 Å². The van der Waals surface area contributed by atoms with Crippen molar-refractivity contribution in [2.75, 3.05) is 6.61 Å². The van der Waals surface area contributed by atoms with Gasteiger partial charge in [0, 0.05) is 17.9 Å². The predicted octanol–water partition coefficient (Wildman–Crippen LogP) is 6.17. The zero-order chi connectivity index (χ0) is 25.9. The van der Waals surface area contributed by atoms with Gasteiger partial charge in [0.1, 0.15) is 12.6 Å². The Morgan fingerprint density at radius 1 is 0.811 bits per heavy atom. The molecule has 0 fully saturated rings. The van der Waals surface area contributed by atoms with Crippen molar-refractivity contribution in [2.24, 2.45) is 0 Å². The molecule has 186 valence electrons. The average Bonchev–Trinajstić information content (AvgIpc) is 3.23. The number of rotatable bonds is 7. The van der Waals surface area contributed by atoms with Gasteiger partial charge in [-0.3, -0.25) is 0 Å². The maximum Gasteiger partial charge on any atom is 0.407 e. The third-order valence-corrected chi connectivity index (χ3v) is 6.59. The Bertz CT molecular complexity index is 1420. The Labute approximate surface area is 212 Å². The second-order valence-corrected chi connectivity index (χ2v) is 8.86. The van der Waals surface area contributed by atoms with Gasteiger partial charge in [0.2, 0.25) is 0 Å². The number of hydrogen-bond donors (Lipinski definition) is 2. The monoisotopic (exact) mass is 499 g/mol. The highest BCUT2D eigenvalue weighted by molar-refractivity contribution is 5.81. The van der Waals surface area contributed by atoms with Gasteiger partial charge in [0.05, 0.1) is 0 Å². The molecule has 1 aliphatic rings. The van der Waals surface area contributed by atoms with Crippen LogP contribution in [0.4, 0.5) is 13.6 Å². The quantitative estimate of drug-likeness (QED) is 0.319. The van der Waals surface area contributed by atoms with Crippen LogP contribution < -0.4 is 5.32 Å². The van der Waals surface area contributed by atoms with Crippen LogP contribution in [-0.2, 0) is 16.0 Å². The summed E-state index contributed by atoms with van der Waals surface area (Å²) in [6.45, 7) is 0.0695. The lowest BCUT2D eigenvalue weighted by atomic mass is 9.98. The fourth-order valence-corrected chi connectivity index (χ4v) is 4.77. The molecular formula is C30H23F2NO4. The van der Waals surface area contributed by atoms with E-state index in [9.17, 15) is 23.5 Å². The molecule has 0 aliphatic heterocycles. The van der Waals surface area contributed by atoms with Crippen LogP contribution in [-0.4, -0.2) is 29.8 Å². The van der Waals surface area contributed by atoms with E-state index in [2.05, 4.69) is 5.32 Å². The molecule has 0 spiro atoms. The van der Waals surface area contributed by atoms with E-state index in [-0.39, 0.29) is 24.5 Å². The first-order chi connectivity index (χ1) is 17.9. The van der Waals surface area contributed by atoms with Crippen LogP contribution in [0.25, 0.3) is 22.3 Å². The van der Waals surface area contributed by atoms with Gasteiger partial charge in [-0.2, -0.15) is 0 Å². The number of fused-ring (bicyclic) bond motifs is 3. The fourth-order valence-electron chi connectivity index (χ4n) is 4.77. The molecule has 0 bridgehead atoms. The van der Waals surface area contributed by atoms with Crippen molar-refractivity contribution in [2.45, 2.75) is 18.4 Å². The predicted molar refractivity (Wildman–Crippen MR) is 135 cm³/mol. The smallest absolute Gasteiger partial charge is 0.407 e. The van der Waals surface area contributed by atoms with Crippen LogP contribution in [0.3, 0.4) is 0 Å². The molecule has 1 amide bonds. The van der Waals surface area contributed by atoms with E-state index in [0.29, 0.717) is 11.1 Å². The number of carbonyl (C=O) groups excluding carboxylic acids is 1. The Hall–Kier alpha value is -4.52. The third kappa shape index (κ3) is 4.93. The van der Waals surface area contributed by atoms with Gasteiger partial charge >= 0.3 is 12.1 Å². The zero-order valence-corrected chi connectivity index (χ0v) is 19.7. The average molecular weight is 500 g/mol. The molecule has 1 aliphatic carbocycles. The summed E-state index contributed by atoms with van der Waals surface area (Å²) < 4.78 is 33.1. The molecule has 7 heteroatoms. The molecule has 4 aromatic rings. The number of carboxylic acids is 1. The third-order valence-electron chi connectivity index (χ3n) is 6.59. The highest BCUT2D eigenvalue weighted by Crippen LogP contribution is 2.44. The fraction of sp³-hybridized carbons (Fsp3) is 0.133. The maximum absolute atomic E-state index is 14.1. The van der Waals surface area contributed by atoms with E-state index in [1.165, 1.54) is 12.1 Å². The van der Waals surface area contributed by atoms with Gasteiger partial charge in [-0.1, -0.05) is 84.9 Å². The number of alkyl carbamates (subject to hydrolysis) is 1. The molecule has 2 N–H and O–H groups in total. The number of hydrogen-bond acceptors (Lipinski definition) is 3. The van der Waals surface area contributed by atoms with E-state index < -0.39 is 29.7 Å². The van der Waals surface area contributed by atoms with Crippen molar-refractivity contribution in [3.05, 3.63) is 119 Å². The highest BCUT2D eigenvalue weighted by atomic mass is 19.2. The molecule has 0 aromatic heterocycles. The van der Waals surface area contributed by atoms with E-state index in [0.717, 1.165) is 28.3 Å². The molecular weight excluding hydrogens is 476 g/mol. The largest absolute Gasteiger partial charge is 0.480 e. The Morgan fingerprint density at radius 3 is 2.03 bits per heavy atom. The SMILES string of the molecule is O=C(N[C@H](Cc1ccc(-c2cccc(F)c2F)cc1)C(=O)O)OCC1c2ccccc2-c2ccccc21. The van der Waals surface area contributed by atoms with E-state index in [1.54, 1.807) is 24.3 Å². The summed E-state index contributed by atoms with van der Waals surface area (Å²) in [5, 5.41) is 12.1. The molecule has 1 atom stereocenters. The van der Waals surface area contributed by atoms with Gasteiger partial charge in [0.15, 0.2) is 11.6 Å². The van der Waals surface area contributed by atoms with E-state index in [4.69, 9.17) is 4.74 Å². The molecule has 0 saturated carbocycles. The number of benzene rings is 4. The summed E-state index contributed by atoms with van der Waals surface area (Å²) in [6, 6.07) is 25.0. The van der Waals surface area contributed by atoms with Crippen molar-refractivity contribution < 1.29 is 28.2 Å². The first-order valence-electron chi connectivity index (χ1n) is 11.8. The minimum Gasteiger partial charge on any atom is -0.480 e. The molecule has 37 heavy (non-hydrogen) atoms. The van der Waals surface area contributed by atoms with Gasteiger partial charge in [0.25, 0.3) is 0 Å². The summed E-state index contributed by atoms with van der Waals surface area (Å²) in [7, 11) is 0. The van der Waals surface area contributed by atoms with Crippen LogP contribution in [0, 0.1) is 11.6 Å². The van der Waals surface area contributed by atoms with Crippen molar-refractivity contribution in [3.8, 4) is 22.3 Å². The summed E-state index contributed by atoms with van der Waals surface area (Å²) in [4.78, 5) is 24.4. The number of aliphatic carboxylic acids is 1. The number of amides is 1. The number of halogens is 2. The number of nitrogens with one attached hydrogen (secondary N) is 1. The molecule has 4 aromatic carbocycles. The summed E-state index contributed by atoms with van der Waals surface area (Å²) in [6.07, 6.45) is -0.835. The van der Waals surface area contributed by atoms with Gasteiger partial charge in [-0.05, 0) is 39.4 Å². The van der Waals surface area contributed by atoms with Crippen molar-refractivity contribution >= 4 is 12.1 Å².